The third-order valence-corrected chi connectivity index (χ3v) is 5.22. The highest BCUT2D eigenvalue weighted by molar-refractivity contribution is 7.80. The van der Waals surface area contributed by atoms with Gasteiger partial charge in [0.1, 0.15) is 11.6 Å². The van der Waals surface area contributed by atoms with Crippen LogP contribution in [-0.2, 0) is 13.2 Å². The molecule has 0 radical (unpaired) electrons. The van der Waals surface area contributed by atoms with Crippen LogP contribution in [0.2, 0.25) is 10.0 Å². The molecule has 0 spiro atoms. The van der Waals surface area contributed by atoms with E-state index in [0.717, 1.165) is 16.7 Å². The van der Waals surface area contributed by atoms with Crippen molar-refractivity contribution in [2.24, 2.45) is 0 Å². The van der Waals surface area contributed by atoms with Gasteiger partial charge < -0.3 is 14.8 Å². The van der Waals surface area contributed by atoms with Crippen LogP contribution < -0.4 is 14.8 Å². The van der Waals surface area contributed by atoms with Crippen molar-refractivity contribution >= 4 is 40.4 Å². The molecule has 0 saturated heterocycles. The molecule has 0 aliphatic rings. The first kappa shape index (κ1) is 21.4. The Balaban J connectivity index is 1.75. The lowest BCUT2D eigenvalue weighted by Crippen LogP contribution is -2.22. The third kappa shape index (κ3) is 5.86. The molecular weight excluding hydrogens is 425 g/mol. The molecule has 0 aliphatic heterocycles. The van der Waals surface area contributed by atoms with E-state index < -0.39 is 0 Å². The van der Waals surface area contributed by atoms with Crippen LogP contribution in [0.4, 0.5) is 0 Å². The fourth-order valence-electron chi connectivity index (χ4n) is 2.75. The van der Waals surface area contributed by atoms with Crippen LogP contribution in [-0.4, -0.2) is 11.6 Å². The molecule has 0 heterocycles. The summed E-state index contributed by atoms with van der Waals surface area (Å²) in [7, 11) is 0. The SMILES string of the molecule is CCOc1cc(C(=S)NCc2ccccc2Cl)cc(Cl)c1OCc1ccccc1. The van der Waals surface area contributed by atoms with Gasteiger partial charge in [0.15, 0.2) is 11.5 Å². The number of nitrogens with one attached hydrogen (secondary N) is 1. The summed E-state index contributed by atoms with van der Waals surface area (Å²) in [4.78, 5) is 0.558. The number of hydrogen-bond acceptors (Lipinski definition) is 3. The number of rotatable bonds is 8. The van der Waals surface area contributed by atoms with Gasteiger partial charge >= 0.3 is 0 Å². The molecule has 0 unspecified atom stereocenters. The van der Waals surface area contributed by atoms with Gasteiger partial charge in [-0.3, -0.25) is 0 Å². The minimum absolute atomic E-state index is 0.398. The first-order valence-corrected chi connectivity index (χ1v) is 10.4. The molecule has 3 nitrogen and oxygen atoms in total. The Labute approximate surface area is 186 Å². The lowest BCUT2D eigenvalue weighted by molar-refractivity contribution is 0.269. The second-order valence-electron chi connectivity index (χ2n) is 6.27. The van der Waals surface area contributed by atoms with E-state index in [2.05, 4.69) is 5.32 Å². The predicted octanol–water partition coefficient (Wildman–Crippen LogP) is 6.44. The normalized spacial score (nSPS) is 10.4. The highest BCUT2D eigenvalue weighted by atomic mass is 35.5. The van der Waals surface area contributed by atoms with Gasteiger partial charge in [-0.05, 0) is 36.2 Å². The molecular formula is C23H21Cl2NO2S. The first-order valence-electron chi connectivity index (χ1n) is 9.23. The first-order chi connectivity index (χ1) is 14.1. The Morgan fingerprint density at radius 2 is 1.66 bits per heavy atom. The maximum Gasteiger partial charge on any atom is 0.180 e. The summed E-state index contributed by atoms with van der Waals surface area (Å²) in [5.41, 5.74) is 2.77. The zero-order chi connectivity index (χ0) is 20.6. The van der Waals surface area contributed by atoms with Gasteiger partial charge in [0, 0.05) is 17.1 Å². The maximum absolute atomic E-state index is 6.51. The average molecular weight is 446 g/mol. The highest BCUT2D eigenvalue weighted by Gasteiger charge is 2.15. The van der Waals surface area contributed by atoms with E-state index in [1.165, 1.54) is 0 Å². The van der Waals surface area contributed by atoms with Crippen LogP contribution >= 0.6 is 35.4 Å². The number of halogens is 2. The van der Waals surface area contributed by atoms with Crippen LogP contribution in [0.5, 0.6) is 11.5 Å². The lowest BCUT2D eigenvalue weighted by atomic mass is 10.1. The van der Waals surface area contributed by atoms with Crippen LogP contribution in [0, 0.1) is 0 Å². The number of thiocarbonyl (C=S) groups is 1. The van der Waals surface area contributed by atoms with Crippen molar-refractivity contribution in [3.05, 3.63) is 93.5 Å². The fourth-order valence-corrected chi connectivity index (χ4v) is 3.41. The van der Waals surface area contributed by atoms with Crippen molar-refractivity contribution in [1.82, 2.24) is 5.32 Å². The topological polar surface area (TPSA) is 30.5 Å². The molecule has 3 aromatic carbocycles. The average Bonchev–Trinajstić information content (AvgIpc) is 2.73. The van der Waals surface area contributed by atoms with Crippen LogP contribution in [0.1, 0.15) is 23.6 Å². The molecule has 150 valence electrons. The van der Waals surface area contributed by atoms with Crippen LogP contribution in [0.15, 0.2) is 66.7 Å². The van der Waals surface area contributed by atoms with Crippen LogP contribution in [0.25, 0.3) is 0 Å². The van der Waals surface area contributed by atoms with Crippen molar-refractivity contribution in [3.8, 4) is 11.5 Å². The summed E-state index contributed by atoms with van der Waals surface area (Å²) in [5.74, 6) is 1.07. The largest absolute Gasteiger partial charge is 0.490 e. The van der Waals surface area contributed by atoms with Gasteiger partial charge in [0.2, 0.25) is 0 Å². The second kappa shape index (κ2) is 10.5. The highest BCUT2D eigenvalue weighted by Crippen LogP contribution is 2.37. The summed E-state index contributed by atoms with van der Waals surface area (Å²) >= 11 is 18.3. The Kier molecular flexibility index (Phi) is 7.76. The maximum atomic E-state index is 6.51. The molecule has 0 amide bonds. The molecule has 0 atom stereocenters. The Morgan fingerprint density at radius 3 is 2.38 bits per heavy atom. The van der Waals surface area contributed by atoms with E-state index in [9.17, 15) is 0 Å². The van der Waals surface area contributed by atoms with Crippen molar-refractivity contribution in [3.63, 3.8) is 0 Å². The molecule has 0 aliphatic carbocycles. The van der Waals surface area contributed by atoms with Gasteiger partial charge in [0.05, 0.1) is 11.6 Å². The lowest BCUT2D eigenvalue weighted by Gasteiger charge is -2.16. The summed E-state index contributed by atoms with van der Waals surface area (Å²) < 4.78 is 11.7. The second-order valence-corrected chi connectivity index (χ2v) is 7.49. The molecule has 0 fully saturated rings. The smallest absolute Gasteiger partial charge is 0.180 e. The Morgan fingerprint density at radius 1 is 0.931 bits per heavy atom. The standard InChI is InChI=1S/C23H21Cl2NO2S/c1-2-27-21-13-18(23(29)26-14-17-10-6-7-11-19(17)24)12-20(25)22(21)28-15-16-8-4-3-5-9-16/h3-13H,2,14-15H2,1H3,(H,26,29). The number of benzene rings is 3. The molecule has 6 heteroatoms. The molecule has 0 saturated carbocycles. The zero-order valence-electron chi connectivity index (χ0n) is 16.0. The van der Waals surface area contributed by atoms with E-state index in [1.807, 2.05) is 67.6 Å². The van der Waals surface area contributed by atoms with Gasteiger partial charge in [0.25, 0.3) is 0 Å². The van der Waals surface area contributed by atoms with Crippen LogP contribution in [0.3, 0.4) is 0 Å². The molecule has 0 aromatic heterocycles. The minimum atomic E-state index is 0.398. The molecule has 29 heavy (non-hydrogen) atoms. The predicted molar refractivity (Wildman–Crippen MR) is 123 cm³/mol. The van der Waals surface area contributed by atoms with Gasteiger partial charge in [-0.25, -0.2) is 0 Å². The van der Waals surface area contributed by atoms with Crippen molar-refractivity contribution in [2.75, 3.05) is 6.61 Å². The van der Waals surface area contributed by atoms with Gasteiger partial charge in [-0.15, -0.1) is 0 Å². The quantitative estimate of drug-likeness (QED) is 0.404. The molecule has 3 aromatic rings. The van der Waals surface area contributed by atoms with Crippen molar-refractivity contribution in [2.45, 2.75) is 20.1 Å². The summed E-state index contributed by atoms with van der Waals surface area (Å²) in [6, 6.07) is 21.2. The van der Waals surface area contributed by atoms with Gasteiger partial charge in [-0.1, -0.05) is 84.0 Å². The van der Waals surface area contributed by atoms with E-state index in [0.29, 0.717) is 46.3 Å². The molecule has 1 N–H and O–H groups in total. The third-order valence-electron chi connectivity index (χ3n) is 4.19. The number of hydrogen-bond donors (Lipinski definition) is 1. The minimum Gasteiger partial charge on any atom is -0.490 e. The van der Waals surface area contributed by atoms with E-state index in [1.54, 1.807) is 6.07 Å². The van der Waals surface area contributed by atoms with Gasteiger partial charge in [-0.2, -0.15) is 0 Å². The summed E-state index contributed by atoms with van der Waals surface area (Å²) in [5, 5.41) is 4.36. The van der Waals surface area contributed by atoms with Crippen molar-refractivity contribution in [1.29, 1.82) is 0 Å². The summed E-state index contributed by atoms with van der Waals surface area (Å²) in [6.07, 6.45) is 0. The fraction of sp³-hybridized carbons (Fsp3) is 0.174. The Hall–Kier alpha value is -2.27. The molecule has 3 rings (SSSR count). The monoisotopic (exact) mass is 445 g/mol. The van der Waals surface area contributed by atoms with E-state index >= 15 is 0 Å². The Bertz CT molecular complexity index is 980. The summed E-state index contributed by atoms with van der Waals surface area (Å²) in [6.45, 7) is 3.32. The van der Waals surface area contributed by atoms with E-state index in [4.69, 9.17) is 44.9 Å². The van der Waals surface area contributed by atoms with Crippen molar-refractivity contribution < 1.29 is 9.47 Å². The molecule has 0 bridgehead atoms. The number of ether oxygens (including phenoxy) is 2. The van der Waals surface area contributed by atoms with E-state index in [-0.39, 0.29) is 0 Å². The zero-order valence-corrected chi connectivity index (χ0v) is 18.3.